The van der Waals surface area contributed by atoms with Gasteiger partial charge in [0.25, 0.3) is 5.91 Å². The normalized spacial score (nSPS) is 11.7. The van der Waals surface area contributed by atoms with Gasteiger partial charge in [-0.25, -0.2) is 4.98 Å². The van der Waals surface area contributed by atoms with E-state index in [-0.39, 0.29) is 16.9 Å². The van der Waals surface area contributed by atoms with Crippen LogP contribution in [0.3, 0.4) is 0 Å². The maximum Gasteiger partial charge on any atom is 0.416 e. The zero-order chi connectivity index (χ0) is 16.6. The monoisotopic (exact) mass is 319 g/mol. The molecule has 0 aliphatic carbocycles. The van der Waals surface area contributed by atoms with Crippen LogP contribution >= 0.6 is 0 Å². The minimum absolute atomic E-state index is 0.0741. The molecule has 4 nitrogen and oxygen atoms in total. The summed E-state index contributed by atoms with van der Waals surface area (Å²) in [7, 11) is 0. The molecule has 3 aromatic rings. The van der Waals surface area contributed by atoms with Crippen molar-refractivity contribution in [1.82, 2.24) is 9.38 Å². The van der Waals surface area contributed by atoms with E-state index in [0.29, 0.717) is 5.65 Å². The fourth-order valence-corrected chi connectivity index (χ4v) is 2.24. The topological polar surface area (TPSA) is 46.4 Å². The van der Waals surface area contributed by atoms with Gasteiger partial charge < -0.3 is 9.72 Å². The number of amides is 1. The molecule has 3 rings (SSSR count). The number of pyridine rings is 1. The van der Waals surface area contributed by atoms with Crippen molar-refractivity contribution in [3.63, 3.8) is 0 Å². The number of benzene rings is 1. The molecule has 1 amide bonds. The average Bonchev–Trinajstić information content (AvgIpc) is 2.92. The van der Waals surface area contributed by atoms with Gasteiger partial charge in [0.1, 0.15) is 11.3 Å². The Balaban J connectivity index is 1.88. The summed E-state index contributed by atoms with van der Waals surface area (Å²) in [5.74, 6) is -0.564. The standard InChI is InChI=1S/C16H12F3N3O/c1-10-5-6-11(8-12(10)16(17,18)19)20-15(23)13-9-22-7-3-2-4-14(22)21-13/h2-9H,1H3,(H,20,23). The van der Waals surface area contributed by atoms with E-state index < -0.39 is 17.6 Å². The Morgan fingerprint density at radius 3 is 2.70 bits per heavy atom. The van der Waals surface area contributed by atoms with Gasteiger partial charge in [-0.15, -0.1) is 0 Å². The lowest BCUT2D eigenvalue weighted by Crippen LogP contribution is -2.14. The van der Waals surface area contributed by atoms with Crippen LogP contribution in [0.4, 0.5) is 18.9 Å². The van der Waals surface area contributed by atoms with Crippen LogP contribution in [0.5, 0.6) is 0 Å². The van der Waals surface area contributed by atoms with Crippen molar-refractivity contribution in [2.45, 2.75) is 13.1 Å². The number of anilines is 1. The summed E-state index contributed by atoms with van der Waals surface area (Å²) in [6, 6.07) is 8.96. The zero-order valence-corrected chi connectivity index (χ0v) is 12.1. The Hall–Kier alpha value is -2.83. The van der Waals surface area contributed by atoms with Crippen LogP contribution in [0.15, 0.2) is 48.8 Å². The van der Waals surface area contributed by atoms with E-state index in [2.05, 4.69) is 10.3 Å². The average molecular weight is 319 g/mol. The molecular formula is C16H12F3N3O. The number of nitrogens with one attached hydrogen (secondary N) is 1. The fourth-order valence-electron chi connectivity index (χ4n) is 2.24. The maximum absolute atomic E-state index is 12.9. The molecule has 23 heavy (non-hydrogen) atoms. The predicted molar refractivity (Wildman–Crippen MR) is 79.3 cm³/mol. The van der Waals surface area contributed by atoms with Crippen molar-refractivity contribution in [1.29, 1.82) is 0 Å². The van der Waals surface area contributed by atoms with Crippen molar-refractivity contribution in [2.75, 3.05) is 5.32 Å². The van der Waals surface area contributed by atoms with Crippen LogP contribution in [-0.2, 0) is 6.18 Å². The van der Waals surface area contributed by atoms with Crippen LogP contribution in [0.1, 0.15) is 21.6 Å². The van der Waals surface area contributed by atoms with E-state index in [1.54, 1.807) is 28.8 Å². The minimum Gasteiger partial charge on any atom is -0.321 e. The first-order valence-corrected chi connectivity index (χ1v) is 6.77. The third kappa shape index (κ3) is 3.03. The highest BCUT2D eigenvalue weighted by Crippen LogP contribution is 2.33. The van der Waals surface area contributed by atoms with Crippen LogP contribution in [0.25, 0.3) is 5.65 Å². The molecule has 0 bridgehead atoms. The Labute approximate surface area is 129 Å². The van der Waals surface area contributed by atoms with Gasteiger partial charge in [-0.3, -0.25) is 4.79 Å². The van der Waals surface area contributed by atoms with E-state index in [0.717, 1.165) is 6.07 Å². The van der Waals surface area contributed by atoms with Crippen molar-refractivity contribution < 1.29 is 18.0 Å². The molecule has 118 valence electrons. The number of aromatic nitrogens is 2. The number of halogens is 3. The summed E-state index contributed by atoms with van der Waals surface area (Å²) in [5, 5.41) is 2.44. The first-order chi connectivity index (χ1) is 10.8. The molecule has 0 atom stereocenters. The molecule has 1 N–H and O–H groups in total. The van der Waals surface area contributed by atoms with E-state index in [9.17, 15) is 18.0 Å². The second-order valence-corrected chi connectivity index (χ2v) is 5.07. The Morgan fingerprint density at radius 1 is 1.22 bits per heavy atom. The number of imidazole rings is 1. The van der Waals surface area contributed by atoms with Gasteiger partial charge in [-0.05, 0) is 36.8 Å². The number of alkyl halides is 3. The molecule has 0 unspecified atom stereocenters. The molecule has 0 aliphatic rings. The summed E-state index contributed by atoms with van der Waals surface area (Å²) < 4.78 is 40.4. The van der Waals surface area contributed by atoms with Crippen molar-refractivity contribution in [3.8, 4) is 0 Å². The molecule has 0 aliphatic heterocycles. The molecule has 2 aromatic heterocycles. The van der Waals surface area contributed by atoms with Gasteiger partial charge >= 0.3 is 6.18 Å². The number of rotatable bonds is 2. The summed E-state index contributed by atoms with van der Waals surface area (Å²) in [4.78, 5) is 16.3. The molecule has 0 radical (unpaired) electrons. The SMILES string of the molecule is Cc1ccc(NC(=O)c2cn3ccccc3n2)cc1C(F)(F)F. The van der Waals surface area contributed by atoms with Gasteiger partial charge in [0.15, 0.2) is 0 Å². The fraction of sp³-hybridized carbons (Fsp3) is 0.125. The lowest BCUT2D eigenvalue weighted by molar-refractivity contribution is -0.138. The number of hydrogen-bond acceptors (Lipinski definition) is 2. The first kappa shape index (κ1) is 15.1. The maximum atomic E-state index is 12.9. The summed E-state index contributed by atoms with van der Waals surface area (Å²) in [6.45, 7) is 1.37. The third-order valence-electron chi connectivity index (χ3n) is 3.40. The largest absolute Gasteiger partial charge is 0.416 e. The van der Waals surface area contributed by atoms with Crippen LogP contribution in [0.2, 0.25) is 0 Å². The number of nitrogens with zero attached hydrogens (tertiary/aromatic N) is 2. The molecular weight excluding hydrogens is 307 g/mol. The number of carbonyl (C=O) groups excluding carboxylic acids is 1. The van der Waals surface area contributed by atoms with E-state index in [4.69, 9.17) is 0 Å². The molecule has 1 aromatic carbocycles. The summed E-state index contributed by atoms with van der Waals surface area (Å²) in [6.07, 6.45) is -1.22. The zero-order valence-electron chi connectivity index (χ0n) is 12.1. The predicted octanol–water partition coefficient (Wildman–Crippen LogP) is 3.91. The van der Waals surface area contributed by atoms with Gasteiger partial charge in [0, 0.05) is 18.1 Å². The van der Waals surface area contributed by atoms with Gasteiger partial charge in [0.05, 0.1) is 5.56 Å². The number of aryl methyl sites for hydroxylation is 1. The summed E-state index contributed by atoms with van der Waals surface area (Å²) in [5.41, 5.74) is 0.112. The van der Waals surface area contributed by atoms with E-state index in [1.807, 2.05) is 0 Å². The third-order valence-corrected chi connectivity index (χ3v) is 3.40. The van der Waals surface area contributed by atoms with Crippen LogP contribution in [0, 0.1) is 6.92 Å². The minimum atomic E-state index is -4.46. The second-order valence-electron chi connectivity index (χ2n) is 5.07. The molecule has 0 saturated heterocycles. The van der Waals surface area contributed by atoms with Gasteiger partial charge in [0.2, 0.25) is 0 Å². The Kier molecular flexibility index (Phi) is 3.55. The van der Waals surface area contributed by atoms with Crippen molar-refractivity contribution in [2.24, 2.45) is 0 Å². The van der Waals surface area contributed by atoms with E-state index >= 15 is 0 Å². The lowest BCUT2D eigenvalue weighted by Gasteiger charge is -2.12. The smallest absolute Gasteiger partial charge is 0.321 e. The highest BCUT2D eigenvalue weighted by Gasteiger charge is 2.32. The lowest BCUT2D eigenvalue weighted by atomic mass is 10.1. The molecule has 0 spiro atoms. The van der Waals surface area contributed by atoms with Gasteiger partial charge in [-0.2, -0.15) is 13.2 Å². The Bertz CT molecular complexity index is 851. The second kappa shape index (κ2) is 5.42. The molecule has 0 fully saturated rings. The van der Waals surface area contributed by atoms with Crippen LogP contribution in [-0.4, -0.2) is 15.3 Å². The van der Waals surface area contributed by atoms with Crippen molar-refractivity contribution in [3.05, 3.63) is 65.6 Å². The van der Waals surface area contributed by atoms with Crippen molar-refractivity contribution >= 4 is 17.2 Å². The first-order valence-electron chi connectivity index (χ1n) is 6.77. The number of hydrogen-bond donors (Lipinski definition) is 1. The Morgan fingerprint density at radius 2 is 2.00 bits per heavy atom. The van der Waals surface area contributed by atoms with E-state index in [1.165, 1.54) is 25.3 Å². The molecule has 2 heterocycles. The number of fused-ring (bicyclic) bond motifs is 1. The highest BCUT2D eigenvalue weighted by molar-refractivity contribution is 6.03. The van der Waals surface area contributed by atoms with Gasteiger partial charge in [-0.1, -0.05) is 12.1 Å². The van der Waals surface area contributed by atoms with Crippen LogP contribution < -0.4 is 5.32 Å². The molecule has 0 saturated carbocycles. The highest BCUT2D eigenvalue weighted by atomic mass is 19.4. The number of carbonyl (C=O) groups is 1. The summed E-state index contributed by atoms with van der Waals surface area (Å²) >= 11 is 0. The molecule has 7 heteroatoms. The quantitative estimate of drug-likeness (QED) is 0.778.